The molecule has 0 radical (unpaired) electrons. The van der Waals surface area contributed by atoms with Crippen molar-refractivity contribution in [1.29, 1.82) is 0 Å². The molecule has 1 heterocycles. The van der Waals surface area contributed by atoms with Gasteiger partial charge in [0.2, 0.25) is 5.91 Å². The molecular formula is C14H15N3O3. The number of nitrogens with one attached hydrogen (secondary N) is 2. The fourth-order valence-corrected chi connectivity index (χ4v) is 1.84. The number of hydrogen-bond acceptors (Lipinski definition) is 3. The molecule has 2 N–H and O–H groups in total. The summed E-state index contributed by atoms with van der Waals surface area (Å²) in [5, 5.41) is 2.80. The first kappa shape index (κ1) is 13.8. The largest absolute Gasteiger partial charge is 0.348 e. The molecule has 0 fully saturated rings. The molecule has 0 saturated carbocycles. The average Bonchev–Trinajstić information content (AvgIpc) is 2.43. The van der Waals surface area contributed by atoms with Crippen molar-refractivity contribution in [3.05, 3.63) is 69.0 Å². The summed E-state index contributed by atoms with van der Waals surface area (Å²) in [4.78, 5) is 36.4. The topological polar surface area (TPSA) is 84.0 Å². The van der Waals surface area contributed by atoms with Gasteiger partial charge in [0, 0.05) is 12.3 Å². The third kappa shape index (κ3) is 3.44. The Labute approximate surface area is 115 Å². The molecule has 6 nitrogen and oxygen atoms in total. The zero-order valence-electron chi connectivity index (χ0n) is 11.0. The van der Waals surface area contributed by atoms with Crippen molar-refractivity contribution in [1.82, 2.24) is 14.9 Å². The summed E-state index contributed by atoms with van der Waals surface area (Å²) in [5.41, 5.74) is -0.0982. The number of aromatic amines is 1. The standard InChI is InChI=1S/C14H15N3O3/c1-10(11-5-3-2-4-6-11)15-13(19)9-17-8-7-12(18)16-14(17)20/h2-8,10H,9H2,1H3,(H,15,19)(H,16,18,20)/t10-/m0/s1. The molecule has 20 heavy (non-hydrogen) atoms. The molecule has 104 valence electrons. The van der Waals surface area contributed by atoms with Crippen LogP contribution in [-0.4, -0.2) is 15.5 Å². The molecule has 1 amide bonds. The van der Waals surface area contributed by atoms with Gasteiger partial charge in [0.05, 0.1) is 6.04 Å². The Morgan fingerprint density at radius 3 is 2.60 bits per heavy atom. The van der Waals surface area contributed by atoms with E-state index in [9.17, 15) is 14.4 Å². The minimum absolute atomic E-state index is 0.132. The number of carbonyl (C=O) groups excluding carboxylic acids is 1. The Bertz CT molecular complexity index is 703. The fraction of sp³-hybridized carbons (Fsp3) is 0.214. The van der Waals surface area contributed by atoms with Gasteiger partial charge in [-0.2, -0.15) is 0 Å². The van der Waals surface area contributed by atoms with E-state index < -0.39 is 11.2 Å². The second kappa shape index (κ2) is 6.01. The molecule has 1 aromatic carbocycles. The SMILES string of the molecule is C[C@H](NC(=O)Cn1ccc(=O)[nH]c1=O)c1ccccc1. The Kier molecular flexibility index (Phi) is 4.14. The van der Waals surface area contributed by atoms with Gasteiger partial charge in [0.15, 0.2) is 0 Å². The van der Waals surface area contributed by atoms with E-state index >= 15 is 0 Å². The molecule has 0 aliphatic carbocycles. The van der Waals surface area contributed by atoms with Crippen LogP contribution < -0.4 is 16.6 Å². The smallest absolute Gasteiger partial charge is 0.328 e. The van der Waals surface area contributed by atoms with E-state index in [1.54, 1.807) is 0 Å². The highest BCUT2D eigenvalue weighted by Gasteiger charge is 2.10. The van der Waals surface area contributed by atoms with Crippen LogP contribution in [0, 0.1) is 0 Å². The number of H-pyrrole nitrogens is 1. The Morgan fingerprint density at radius 2 is 1.95 bits per heavy atom. The predicted octanol–water partition coefficient (Wildman–Crippen LogP) is 0.414. The molecule has 2 rings (SSSR count). The summed E-state index contributed by atoms with van der Waals surface area (Å²) in [6.45, 7) is 1.73. The van der Waals surface area contributed by atoms with Crippen molar-refractivity contribution >= 4 is 5.91 Å². The third-order valence-corrected chi connectivity index (χ3v) is 2.89. The maximum atomic E-state index is 11.9. The third-order valence-electron chi connectivity index (χ3n) is 2.89. The van der Waals surface area contributed by atoms with Crippen LogP contribution in [0.1, 0.15) is 18.5 Å². The van der Waals surface area contributed by atoms with E-state index in [0.717, 1.165) is 10.1 Å². The van der Waals surface area contributed by atoms with Gasteiger partial charge in [0.1, 0.15) is 6.54 Å². The van der Waals surface area contributed by atoms with E-state index in [1.165, 1.54) is 12.3 Å². The lowest BCUT2D eigenvalue weighted by atomic mass is 10.1. The predicted molar refractivity (Wildman–Crippen MR) is 74.3 cm³/mol. The van der Waals surface area contributed by atoms with E-state index in [0.29, 0.717) is 0 Å². The minimum atomic E-state index is -0.597. The van der Waals surface area contributed by atoms with E-state index in [-0.39, 0.29) is 18.5 Å². The van der Waals surface area contributed by atoms with Crippen LogP contribution in [0.25, 0.3) is 0 Å². The van der Waals surface area contributed by atoms with Gasteiger partial charge in [0.25, 0.3) is 5.56 Å². The molecule has 1 atom stereocenters. The first-order valence-electron chi connectivity index (χ1n) is 6.20. The van der Waals surface area contributed by atoms with Crippen LogP contribution in [-0.2, 0) is 11.3 Å². The summed E-state index contributed by atoms with van der Waals surface area (Å²) in [6, 6.07) is 10.6. The zero-order valence-corrected chi connectivity index (χ0v) is 11.0. The van der Waals surface area contributed by atoms with Gasteiger partial charge < -0.3 is 5.32 Å². The lowest BCUT2D eigenvalue weighted by Gasteiger charge is -2.14. The molecule has 0 unspecified atom stereocenters. The van der Waals surface area contributed by atoms with Crippen molar-refractivity contribution in [2.24, 2.45) is 0 Å². The highest BCUT2D eigenvalue weighted by molar-refractivity contribution is 5.76. The van der Waals surface area contributed by atoms with Crippen molar-refractivity contribution in [2.75, 3.05) is 0 Å². The molecule has 1 aromatic heterocycles. The van der Waals surface area contributed by atoms with Crippen molar-refractivity contribution in [2.45, 2.75) is 19.5 Å². The number of benzene rings is 1. The maximum absolute atomic E-state index is 11.9. The Morgan fingerprint density at radius 1 is 1.25 bits per heavy atom. The van der Waals surface area contributed by atoms with Crippen LogP contribution >= 0.6 is 0 Å². The Hall–Kier alpha value is -2.63. The van der Waals surface area contributed by atoms with Crippen LogP contribution in [0.4, 0.5) is 0 Å². The second-order valence-corrected chi connectivity index (χ2v) is 4.44. The number of aromatic nitrogens is 2. The molecule has 0 bridgehead atoms. The first-order valence-corrected chi connectivity index (χ1v) is 6.20. The highest BCUT2D eigenvalue weighted by Crippen LogP contribution is 2.10. The number of rotatable bonds is 4. The maximum Gasteiger partial charge on any atom is 0.328 e. The fourth-order valence-electron chi connectivity index (χ4n) is 1.84. The number of amides is 1. The molecule has 0 saturated heterocycles. The van der Waals surface area contributed by atoms with Crippen LogP contribution in [0.15, 0.2) is 52.2 Å². The summed E-state index contributed by atoms with van der Waals surface area (Å²) < 4.78 is 1.15. The van der Waals surface area contributed by atoms with Crippen molar-refractivity contribution in [3.8, 4) is 0 Å². The van der Waals surface area contributed by atoms with E-state index in [4.69, 9.17) is 0 Å². The summed E-state index contributed by atoms with van der Waals surface area (Å²) in [7, 11) is 0. The lowest BCUT2D eigenvalue weighted by molar-refractivity contribution is -0.122. The lowest BCUT2D eigenvalue weighted by Crippen LogP contribution is -2.36. The van der Waals surface area contributed by atoms with Gasteiger partial charge in [-0.25, -0.2) is 4.79 Å². The molecule has 0 aliphatic rings. The molecule has 0 aliphatic heterocycles. The quantitative estimate of drug-likeness (QED) is 0.846. The van der Waals surface area contributed by atoms with Crippen molar-refractivity contribution in [3.63, 3.8) is 0 Å². The average molecular weight is 273 g/mol. The Balaban J connectivity index is 2.02. The van der Waals surface area contributed by atoms with E-state index in [1.807, 2.05) is 37.3 Å². The molecule has 6 heteroatoms. The number of carbonyl (C=O) groups is 1. The van der Waals surface area contributed by atoms with Gasteiger partial charge in [-0.3, -0.25) is 19.1 Å². The zero-order chi connectivity index (χ0) is 14.5. The van der Waals surface area contributed by atoms with Gasteiger partial charge in [-0.05, 0) is 12.5 Å². The summed E-state index contributed by atoms with van der Waals surface area (Å²) in [6.07, 6.45) is 1.30. The normalized spacial score (nSPS) is 11.8. The first-order chi connectivity index (χ1) is 9.56. The van der Waals surface area contributed by atoms with Gasteiger partial charge in [-0.1, -0.05) is 30.3 Å². The number of hydrogen-bond donors (Lipinski definition) is 2. The van der Waals surface area contributed by atoms with Crippen LogP contribution in [0.3, 0.4) is 0 Å². The summed E-state index contributed by atoms with van der Waals surface area (Å²) in [5.74, 6) is -0.296. The summed E-state index contributed by atoms with van der Waals surface area (Å²) >= 11 is 0. The van der Waals surface area contributed by atoms with Crippen LogP contribution in [0.2, 0.25) is 0 Å². The van der Waals surface area contributed by atoms with Gasteiger partial charge >= 0.3 is 5.69 Å². The monoisotopic (exact) mass is 273 g/mol. The molecular weight excluding hydrogens is 258 g/mol. The van der Waals surface area contributed by atoms with E-state index in [2.05, 4.69) is 10.3 Å². The second-order valence-electron chi connectivity index (χ2n) is 4.44. The molecule has 2 aromatic rings. The van der Waals surface area contributed by atoms with Gasteiger partial charge in [-0.15, -0.1) is 0 Å². The minimum Gasteiger partial charge on any atom is -0.348 e. The molecule has 0 spiro atoms. The number of nitrogens with zero attached hydrogens (tertiary/aromatic N) is 1. The van der Waals surface area contributed by atoms with Crippen LogP contribution in [0.5, 0.6) is 0 Å². The highest BCUT2D eigenvalue weighted by atomic mass is 16.2. The van der Waals surface area contributed by atoms with Crippen molar-refractivity contribution < 1.29 is 4.79 Å².